The van der Waals surface area contributed by atoms with Gasteiger partial charge in [0.2, 0.25) is 5.91 Å². The molecule has 3 aromatic rings. The number of piperidine rings is 1. The summed E-state index contributed by atoms with van der Waals surface area (Å²) in [5.41, 5.74) is 5.59. The number of amides is 1. The number of halogens is 2. The van der Waals surface area contributed by atoms with Gasteiger partial charge in [0.15, 0.2) is 0 Å². The molecule has 1 N–H and O–H groups in total. The Labute approximate surface area is 220 Å². The average molecular weight is 522 g/mol. The fourth-order valence-electron chi connectivity index (χ4n) is 6.64. The molecule has 1 aromatic heterocycles. The molecule has 38 heavy (non-hydrogen) atoms. The third kappa shape index (κ3) is 4.44. The molecule has 3 heterocycles. The van der Waals surface area contributed by atoms with Crippen LogP contribution in [0.15, 0.2) is 42.5 Å². The zero-order valence-electron chi connectivity index (χ0n) is 21.5. The van der Waals surface area contributed by atoms with E-state index in [4.69, 9.17) is 0 Å². The van der Waals surface area contributed by atoms with Gasteiger partial charge in [-0.2, -0.15) is 0 Å². The van der Waals surface area contributed by atoms with E-state index in [1.54, 1.807) is 17.0 Å². The summed E-state index contributed by atoms with van der Waals surface area (Å²) >= 11 is 0. The lowest BCUT2D eigenvalue weighted by Crippen LogP contribution is -2.47. The molecule has 2 aromatic carbocycles. The van der Waals surface area contributed by atoms with Crippen molar-refractivity contribution < 1.29 is 23.5 Å². The molecule has 1 saturated heterocycles. The number of fused-ring (bicyclic) bond motifs is 5. The van der Waals surface area contributed by atoms with Crippen molar-refractivity contribution in [1.82, 2.24) is 9.47 Å². The first-order valence-corrected chi connectivity index (χ1v) is 13.7. The number of rotatable bonds is 4. The van der Waals surface area contributed by atoms with Crippen LogP contribution in [0.4, 0.5) is 14.5 Å². The van der Waals surface area contributed by atoms with Gasteiger partial charge in [-0.1, -0.05) is 43.5 Å². The molecule has 2 aliphatic heterocycles. The predicted molar refractivity (Wildman–Crippen MR) is 143 cm³/mol. The van der Waals surface area contributed by atoms with Gasteiger partial charge >= 0.3 is 5.97 Å². The fourth-order valence-corrected chi connectivity index (χ4v) is 6.64. The lowest BCUT2D eigenvalue weighted by atomic mass is 9.81. The highest BCUT2D eigenvalue weighted by Gasteiger charge is 2.36. The Kier molecular flexibility index (Phi) is 6.36. The van der Waals surface area contributed by atoms with Gasteiger partial charge in [0.1, 0.15) is 0 Å². The summed E-state index contributed by atoms with van der Waals surface area (Å²) in [6.07, 6.45) is 5.24. The number of para-hydroxylation sites is 1. The Morgan fingerprint density at radius 2 is 1.68 bits per heavy atom. The molecule has 1 aliphatic carbocycles. The van der Waals surface area contributed by atoms with Crippen molar-refractivity contribution in [3.05, 3.63) is 53.6 Å². The largest absolute Gasteiger partial charge is 0.478 e. The van der Waals surface area contributed by atoms with Crippen LogP contribution in [0, 0.1) is 0 Å². The van der Waals surface area contributed by atoms with Gasteiger partial charge in [0.25, 0.3) is 5.92 Å². The number of anilines is 1. The number of hydrogen-bond acceptors (Lipinski definition) is 3. The third-order valence-electron chi connectivity index (χ3n) is 8.63. The van der Waals surface area contributed by atoms with Crippen LogP contribution >= 0.6 is 0 Å². The summed E-state index contributed by atoms with van der Waals surface area (Å²) in [5, 5.41) is 10.8. The second kappa shape index (κ2) is 9.71. The Morgan fingerprint density at radius 3 is 2.42 bits per heavy atom. The first kappa shape index (κ1) is 24.9. The Hall–Kier alpha value is -3.42. The Balaban J connectivity index is 1.42. The highest BCUT2D eigenvalue weighted by Crippen LogP contribution is 2.47. The van der Waals surface area contributed by atoms with Crippen molar-refractivity contribution >= 4 is 28.5 Å². The van der Waals surface area contributed by atoms with Crippen LogP contribution in [0.3, 0.4) is 0 Å². The van der Waals surface area contributed by atoms with Crippen LogP contribution < -0.4 is 4.90 Å². The highest BCUT2D eigenvalue weighted by atomic mass is 19.3. The van der Waals surface area contributed by atoms with Gasteiger partial charge in [-0.15, -0.1) is 0 Å². The number of alkyl halides is 2. The molecular weight excluding hydrogens is 488 g/mol. The molecular formula is C30H33F2N3O3. The Morgan fingerprint density at radius 1 is 0.947 bits per heavy atom. The highest BCUT2D eigenvalue weighted by molar-refractivity contribution is 6.00. The third-order valence-corrected chi connectivity index (χ3v) is 8.63. The number of aromatic carboxylic acids is 1. The minimum Gasteiger partial charge on any atom is -0.478 e. The number of likely N-dealkylation sites (tertiary alicyclic amines) is 1. The van der Waals surface area contributed by atoms with E-state index in [0.29, 0.717) is 19.0 Å². The lowest BCUT2D eigenvalue weighted by molar-refractivity contribution is -0.135. The van der Waals surface area contributed by atoms with Crippen molar-refractivity contribution in [2.24, 2.45) is 0 Å². The van der Waals surface area contributed by atoms with E-state index in [0.717, 1.165) is 40.7 Å². The molecule has 1 saturated carbocycles. The predicted octanol–water partition coefficient (Wildman–Crippen LogP) is 6.13. The van der Waals surface area contributed by atoms with Crippen LogP contribution in [-0.4, -0.2) is 58.6 Å². The van der Waals surface area contributed by atoms with E-state index in [2.05, 4.69) is 15.5 Å². The second-order valence-electron chi connectivity index (χ2n) is 11.0. The fraction of sp³-hybridized carbons (Fsp3) is 0.467. The molecule has 0 atom stereocenters. The van der Waals surface area contributed by atoms with Crippen LogP contribution in [0.5, 0.6) is 0 Å². The van der Waals surface area contributed by atoms with E-state index >= 15 is 0 Å². The maximum absolute atomic E-state index is 13.7. The normalized spacial score (nSPS) is 19.6. The van der Waals surface area contributed by atoms with E-state index in [1.807, 2.05) is 24.3 Å². The number of carbonyl (C=O) groups is 2. The monoisotopic (exact) mass is 521 g/mol. The molecule has 0 unspecified atom stereocenters. The van der Waals surface area contributed by atoms with Crippen LogP contribution in [0.1, 0.15) is 66.8 Å². The summed E-state index contributed by atoms with van der Waals surface area (Å²) in [4.78, 5) is 28.7. The van der Waals surface area contributed by atoms with Crippen LogP contribution in [-0.2, 0) is 11.3 Å². The molecule has 1 amide bonds. The summed E-state index contributed by atoms with van der Waals surface area (Å²) in [5.74, 6) is -3.38. The van der Waals surface area contributed by atoms with Gasteiger partial charge in [-0.3, -0.25) is 4.79 Å². The number of carboxylic acids is 1. The van der Waals surface area contributed by atoms with Gasteiger partial charge in [0.05, 0.1) is 17.8 Å². The molecule has 0 bridgehead atoms. The van der Waals surface area contributed by atoms with Crippen molar-refractivity contribution in [2.75, 3.05) is 31.1 Å². The maximum atomic E-state index is 13.7. The minimum atomic E-state index is -2.69. The van der Waals surface area contributed by atoms with Crippen molar-refractivity contribution in [1.29, 1.82) is 0 Å². The second-order valence-corrected chi connectivity index (χ2v) is 11.0. The first-order chi connectivity index (χ1) is 18.3. The molecule has 0 spiro atoms. The summed E-state index contributed by atoms with van der Waals surface area (Å²) in [6, 6.07) is 13.6. The zero-order valence-corrected chi connectivity index (χ0v) is 21.5. The Bertz CT molecular complexity index is 1380. The molecule has 0 radical (unpaired) electrons. The van der Waals surface area contributed by atoms with Crippen molar-refractivity contribution in [3.8, 4) is 11.3 Å². The smallest absolute Gasteiger partial charge is 0.335 e. The topological polar surface area (TPSA) is 65.8 Å². The minimum absolute atomic E-state index is 0.0791. The standard InChI is InChI=1S/C30H33F2N3O3/c31-30(32)12-14-33(15-13-30)26(36)19-34-16-17-35-25-18-21(29(37)38)10-11-22(25)27(20-6-2-1-3-7-20)28(35)23-8-4-5-9-24(23)34/h4-5,8-11,18,20H,1-3,6-7,12-17,19H2,(H,37,38). The molecule has 2 fully saturated rings. The summed E-state index contributed by atoms with van der Waals surface area (Å²) < 4.78 is 29.6. The van der Waals surface area contributed by atoms with Crippen molar-refractivity contribution in [3.63, 3.8) is 0 Å². The van der Waals surface area contributed by atoms with Gasteiger partial charge in [0, 0.05) is 61.2 Å². The number of benzene rings is 2. The quantitative estimate of drug-likeness (QED) is 0.449. The maximum Gasteiger partial charge on any atom is 0.335 e. The molecule has 6 nitrogen and oxygen atoms in total. The average Bonchev–Trinajstić information content (AvgIpc) is 3.15. The van der Waals surface area contributed by atoms with Gasteiger partial charge < -0.3 is 19.5 Å². The lowest BCUT2D eigenvalue weighted by Gasteiger charge is -2.34. The number of hydrogen-bond donors (Lipinski definition) is 1. The molecule has 200 valence electrons. The molecule has 3 aliphatic rings. The van der Waals surface area contributed by atoms with Crippen LogP contribution in [0.25, 0.3) is 22.2 Å². The SMILES string of the molecule is O=C(O)c1ccc2c(C3CCCCC3)c3n(c2c1)CCN(CC(=O)N1CCC(F)(F)CC1)c1ccccc1-3. The van der Waals surface area contributed by atoms with Crippen molar-refractivity contribution in [2.45, 2.75) is 63.3 Å². The van der Waals surface area contributed by atoms with E-state index < -0.39 is 11.9 Å². The molecule has 8 heteroatoms. The van der Waals surface area contributed by atoms with E-state index in [9.17, 15) is 23.5 Å². The van der Waals surface area contributed by atoms with Crippen LogP contribution in [0.2, 0.25) is 0 Å². The number of aromatic nitrogens is 1. The van der Waals surface area contributed by atoms with E-state index in [1.165, 1.54) is 24.8 Å². The summed E-state index contributed by atoms with van der Waals surface area (Å²) in [7, 11) is 0. The van der Waals surface area contributed by atoms with Gasteiger partial charge in [-0.05, 0) is 42.5 Å². The van der Waals surface area contributed by atoms with Gasteiger partial charge in [-0.25, -0.2) is 13.6 Å². The zero-order chi connectivity index (χ0) is 26.4. The number of carbonyl (C=O) groups excluding carboxylic acids is 1. The number of carboxylic acid groups (broad SMARTS) is 1. The van der Waals surface area contributed by atoms with E-state index in [-0.39, 0.29) is 43.9 Å². The number of nitrogens with zero attached hydrogens (tertiary/aromatic N) is 3. The first-order valence-electron chi connectivity index (χ1n) is 13.7. The molecule has 6 rings (SSSR count). The summed E-state index contributed by atoms with van der Waals surface area (Å²) in [6.45, 7) is 1.45.